The fraction of sp³-hybridized carbons (Fsp3) is 0.316. The molecule has 24 heavy (non-hydrogen) atoms. The molecule has 2 atom stereocenters. The van der Waals surface area contributed by atoms with Crippen molar-refractivity contribution >= 4 is 11.6 Å². The van der Waals surface area contributed by atoms with E-state index in [0.717, 1.165) is 11.4 Å². The summed E-state index contributed by atoms with van der Waals surface area (Å²) in [5.74, 6) is 0.806. The molecule has 0 unspecified atom stereocenters. The van der Waals surface area contributed by atoms with E-state index in [1.54, 1.807) is 12.0 Å². The molecule has 0 radical (unpaired) electrons. The van der Waals surface area contributed by atoms with Gasteiger partial charge in [0, 0.05) is 19.2 Å². The predicted octanol–water partition coefficient (Wildman–Crippen LogP) is 2.79. The van der Waals surface area contributed by atoms with Crippen LogP contribution in [-0.2, 0) is 9.63 Å². The number of anilines is 1. The predicted molar refractivity (Wildman–Crippen MR) is 90.7 cm³/mol. The summed E-state index contributed by atoms with van der Waals surface area (Å²) < 4.78 is 5.16. The van der Waals surface area contributed by atoms with Gasteiger partial charge < -0.3 is 9.64 Å². The Morgan fingerprint density at radius 2 is 1.83 bits per heavy atom. The van der Waals surface area contributed by atoms with E-state index in [0.29, 0.717) is 13.0 Å². The number of ether oxygens (including phenoxy) is 1. The van der Waals surface area contributed by atoms with Crippen LogP contribution in [0.5, 0.6) is 5.75 Å². The van der Waals surface area contributed by atoms with Gasteiger partial charge in [-0.05, 0) is 29.8 Å². The summed E-state index contributed by atoms with van der Waals surface area (Å²) in [6.45, 7) is 0.575. The van der Waals surface area contributed by atoms with Crippen LogP contribution in [0, 0.1) is 0 Å². The third-order valence-electron chi connectivity index (χ3n) is 4.90. The van der Waals surface area contributed by atoms with Crippen LogP contribution in [0.1, 0.15) is 18.0 Å². The molecular formula is C19H20N2O3. The molecule has 0 saturated carbocycles. The lowest BCUT2D eigenvalue weighted by Gasteiger charge is -2.45. The van der Waals surface area contributed by atoms with E-state index < -0.39 is 5.60 Å². The molecule has 2 aromatic rings. The molecule has 1 spiro atoms. The highest BCUT2D eigenvalue weighted by Gasteiger charge is 2.60. The zero-order valence-corrected chi connectivity index (χ0v) is 13.8. The number of carbonyl (C=O) groups is 1. The summed E-state index contributed by atoms with van der Waals surface area (Å²) in [6.07, 6.45) is 0.680. The minimum atomic E-state index is -0.727. The fourth-order valence-corrected chi connectivity index (χ4v) is 3.56. The van der Waals surface area contributed by atoms with Gasteiger partial charge in [-0.2, -0.15) is 5.06 Å². The van der Waals surface area contributed by atoms with Gasteiger partial charge in [-0.3, -0.25) is 9.63 Å². The molecule has 5 nitrogen and oxygen atoms in total. The molecule has 2 aliphatic heterocycles. The highest BCUT2D eigenvalue weighted by molar-refractivity contribution is 6.07. The Balaban J connectivity index is 1.51. The smallest absolute Gasteiger partial charge is 0.263 e. The van der Waals surface area contributed by atoms with Crippen molar-refractivity contribution in [2.24, 2.45) is 0 Å². The van der Waals surface area contributed by atoms with Crippen molar-refractivity contribution in [1.82, 2.24) is 5.06 Å². The highest BCUT2D eigenvalue weighted by atomic mass is 16.7. The Kier molecular flexibility index (Phi) is 3.55. The van der Waals surface area contributed by atoms with E-state index in [1.807, 2.05) is 54.6 Å². The monoisotopic (exact) mass is 324 g/mol. The average Bonchev–Trinajstić information content (AvgIpc) is 3.00. The Labute approximate surface area is 141 Å². The topological polar surface area (TPSA) is 42.0 Å². The zero-order chi connectivity index (χ0) is 16.7. The first-order valence-corrected chi connectivity index (χ1v) is 8.06. The van der Waals surface area contributed by atoms with Crippen LogP contribution in [0.3, 0.4) is 0 Å². The molecule has 4 rings (SSSR count). The van der Waals surface area contributed by atoms with Gasteiger partial charge in [0.1, 0.15) is 5.75 Å². The van der Waals surface area contributed by atoms with Crippen LogP contribution >= 0.6 is 0 Å². The summed E-state index contributed by atoms with van der Waals surface area (Å²) in [4.78, 5) is 20.5. The Bertz CT molecular complexity index is 747. The number of hydrogen-bond donors (Lipinski definition) is 0. The van der Waals surface area contributed by atoms with Gasteiger partial charge in [0.05, 0.1) is 19.7 Å². The van der Waals surface area contributed by atoms with Crippen molar-refractivity contribution < 1.29 is 14.4 Å². The second kappa shape index (κ2) is 5.61. The first-order chi connectivity index (χ1) is 11.6. The van der Waals surface area contributed by atoms with Gasteiger partial charge in [-0.1, -0.05) is 30.3 Å². The van der Waals surface area contributed by atoms with Gasteiger partial charge in [-0.15, -0.1) is 0 Å². The van der Waals surface area contributed by atoms with Crippen molar-refractivity contribution in [1.29, 1.82) is 0 Å². The van der Waals surface area contributed by atoms with E-state index >= 15 is 0 Å². The van der Waals surface area contributed by atoms with E-state index in [9.17, 15) is 4.79 Å². The number of β-lactam (4-membered cyclic amide) rings is 1. The quantitative estimate of drug-likeness (QED) is 0.814. The molecule has 0 N–H and O–H groups in total. The maximum absolute atomic E-state index is 12.8. The summed E-state index contributed by atoms with van der Waals surface area (Å²) in [5, 5.41) is 1.82. The molecule has 2 heterocycles. The second-order valence-corrected chi connectivity index (χ2v) is 6.35. The van der Waals surface area contributed by atoms with Crippen LogP contribution < -0.4 is 9.64 Å². The lowest BCUT2D eigenvalue weighted by atomic mass is 9.84. The van der Waals surface area contributed by atoms with Gasteiger partial charge in [0.2, 0.25) is 0 Å². The lowest BCUT2D eigenvalue weighted by molar-refractivity contribution is -0.204. The third-order valence-corrected chi connectivity index (χ3v) is 4.90. The van der Waals surface area contributed by atoms with Crippen LogP contribution in [0.25, 0.3) is 0 Å². The zero-order valence-electron chi connectivity index (χ0n) is 13.8. The minimum absolute atomic E-state index is 0.0259. The molecule has 5 heteroatoms. The van der Waals surface area contributed by atoms with Crippen LogP contribution in [0.15, 0.2) is 54.6 Å². The SMILES string of the molecule is COc1ccc(N2C[C@]3(C[C@@H](c4ccccc4)N(C)O3)C2=O)cc1. The van der Waals surface area contributed by atoms with Gasteiger partial charge >= 0.3 is 0 Å². The molecule has 2 aromatic carbocycles. The fourth-order valence-electron chi connectivity index (χ4n) is 3.56. The number of amides is 1. The molecular weight excluding hydrogens is 304 g/mol. The highest BCUT2D eigenvalue weighted by Crippen LogP contribution is 2.46. The van der Waals surface area contributed by atoms with Crippen molar-refractivity contribution in [3.8, 4) is 5.75 Å². The van der Waals surface area contributed by atoms with E-state index in [1.165, 1.54) is 5.56 Å². The molecule has 0 aromatic heterocycles. The summed E-state index contributed by atoms with van der Waals surface area (Å²) in [6, 6.07) is 17.8. The van der Waals surface area contributed by atoms with E-state index in [2.05, 4.69) is 12.1 Å². The lowest BCUT2D eigenvalue weighted by Crippen LogP contribution is -2.67. The van der Waals surface area contributed by atoms with Crippen LogP contribution in [0.4, 0.5) is 5.69 Å². The minimum Gasteiger partial charge on any atom is -0.497 e. The number of benzene rings is 2. The summed E-state index contributed by atoms with van der Waals surface area (Å²) in [7, 11) is 3.53. The summed E-state index contributed by atoms with van der Waals surface area (Å²) in [5.41, 5.74) is 1.32. The van der Waals surface area contributed by atoms with Crippen molar-refractivity contribution in [2.45, 2.75) is 18.1 Å². The van der Waals surface area contributed by atoms with Crippen molar-refractivity contribution in [2.75, 3.05) is 25.6 Å². The largest absolute Gasteiger partial charge is 0.497 e. The van der Waals surface area contributed by atoms with Crippen LogP contribution in [-0.4, -0.2) is 37.3 Å². The molecule has 2 aliphatic rings. The van der Waals surface area contributed by atoms with E-state index in [4.69, 9.17) is 9.57 Å². The maximum Gasteiger partial charge on any atom is 0.263 e. The normalized spacial score (nSPS) is 26.7. The van der Waals surface area contributed by atoms with Crippen molar-refractivity contribution in [3.63, 3.8) is 0 Å². The Hall–Kier alpha value is -2.37. The Morgan fingerprint density at radius 3 is 2.46 bits per heavy atom. The number of carbonyl (C=O) groups excluding carboxylic acids is 1. The first-order valence-electron chi connectivity index (χ1n) is 8.06. The number of hydrogen-bond acceptors (Lipinski definition) is 4. The first kappa shape index (κ1) is 15.2. The molecule has 0 aliphatic carbocycles. The maximum atomic E-state index is 12.8. The molecule has 0 bridgehead atoms. The number of rotatable bonds is 3. The number of methoxy groups -OCH3 is 1. The van der Waals surface area contributed by atoms with E-state index in [-0.39, 0.29) is 11.9 Å². The standard InChI is InChI=1S/C19H20N2O3/c1-20-17(14-6-4-3-5-7-14)12-19(24-20)13-21(18(19)22)15-8-10-16(23-2)11-9-15/h3-11,17H,12-13H2,1-2H3/t17-,19+/m0/s1. The molecule has 2 saturated heterocycles. The Morgan fingerprint density at radius 1 is 1.12 bits per heavy atom. The summed E-state index contributed by atoms with van der Waals surface area (Å²) >= 11 is 0. The van der Waals surface area contributed by atoms with Gasteiger partial charge in [0.25, 0.3) is 5.91 Å². The second-order valence-electron chi connectivity index (χ2n) is 6.35. The average molecular weight is 324 g/mol. The molecule has 1 amide bonds. The van der Waals surface area contributed by atoms with Gasteiger partial charge in [-0.25, -0.2) is 0 Å². The molecule has 124 valence electrons. The van der Waals surface area contributed by atoms with Crippen LogP contribution in [0.2, 0.25) is 0 Å². The molecule has 2 fully saturated rings. The van der Waals surface area contributed by atoms with Crippen molar-refractivity contribution in [3.05, 3.63) is 60.2 Å². The third kappa shape index (κ3) is 2.28. The number of hydroxylamine groups is 2. The number of nitrogens with zero attached hydrogens (tertiary/aromatic N) is 2. The van der Waals surface area contributed by atoms with Gasteiger partial charge in [0.15, 0.2) is 5.60 Å².